The zero-order chi connectivity index (χ0) is 18.0. The second-order valence-electron chi connectivity index (χ2n) is 5.74. The Morgan fingerprint density at radius 2 is 1.84 bits per heavy atom. The van der Waals surface area contributed by atoms with E-state index in [1.807, 2.05) is 43.3 Å². The summed E-state index contributed by atoms with van der Waals surface area (Å²) in [5, 5.41) is 0.409. The van der Waals surface area contributed by atoms with Crippen molar-refractivity contribution in [1.29, 1.82) is 0 Å². The van der Waals surface area contributed by atoms with Gasteiger partial charge in [-0.15, -0.1) is 0 Å². The Morgan fingerprint density at radius 3 is 2.52 bits per heavy atom. The minimum absolute atomic E-state index is 0.00204. The molecule has 1 atom stereocenters. The van der Waals surface area contributed by atoms with E-state index in [0.29, 0.717) is 16.5 Å². The van der Waals surface area contributed by atoms with Gasteiger partial charge in [-0.2, -0.15) is 0 Å². The molecule has 0 aliphatic rings. The molecule has 0 saturated carbocycles. The van der Waals surface area contributed by atoms with E-state index in [1.54, 1.807) is 12.1 Å². The van der Waals surface area contributed by atoms with Crippen LogP contribution in [-0.2, 0) is 9.53 Å². The minimum atomic E-state index is -0.933. The van der Waals surface area contributed by atoms with Crippen LogP contribution < -0.4 is 10.2 Å². The van der Waals surface area contributed by atoms with Gasteiger partial charge in [0.15, 0.2) is 11.9 Å². The van der Waals surface area contributed by atoms with E-state index >= 15 is 0 Å². The fraction of sp³-hybridized carbons (Fsp3) is 0.200. The number of esters is 1. The van der Waals surface area contributed by atoms with Crippen LogP contribution in [0, 0.1) is 6.92 Å². The normalized spacial score (nSPS) is 12.0. The first-order valence-corrected chi connectivity index (χ1v) is 7.88. The first-order chi connectivity index (χ1) is 12.0. The lowest BCUT2D eigenvalue weighted by Gasteiger charge is -2.15. The number of ether oxygens (including phenoxy) is 2. The molecule has 0 fully saturated rings. The second-order valence-corrected chi connectivity index (χ2v) is 5.74. The quantitative estimate of drug-likeness (QED) is 0.679. The smallest absolute Gasteiger partial charge is 0.346 e. The van der Waals surface area contributed by atoms with E-state index < -0.39 is 12.1 Å². The highest BCUT2D eigenvalue weighted by molar-refractivity contribution is 5.83. The summed E-state index contributed by atoms with van der Waals surface area (Å²) < 4.78 is 16.3. The molecule has 0 N–H and O–H groups in total. The van der Waals surface area contributed by atoms with Crippen LogP contribution in [0.25, 0.3) is 22.3 Å². The number of hydrogen-bond donors (Lipinski definition) is 0. The largest absolute Gasteiger partial charge is 0.471 e. The van der Waals surface area contributed by atoms with Crippen LogP contribution in [0.2, 0.25) is 0 Å². The van der Waals surface area contributed by atoms with E-state index in [0.717, 1.165) is 5.56 Å². The minimum Gasteiger partial charge on any atom is -0.471 e. The number of carbonyl (C=O) groups excluding carboxylic acids is 1. The van der Waals surface area contributed by atoms with Crippen molar-refractivity contribution >= 4 is 16.9 Å². The molecule has 5 nitrogen and oxygen atoms in total. The number of aryl methyl sites for hydroxylation is 1. The SMILES string of the molecule is COC(=O)[C@H](C)Oc1c(-c2ccccc2)oc2ccc(C)cc2c1=O. The third-order valence-corrected chi connectivity index (χ3v) is 3.87. The van der Waals surface area contributed by atoms with Gasteiger partial charge < -0.3 is 13.9 Å². The standard InChI is InChI=1S/C20H18O5/c1-12-9-10-16-15(11-12)17(21)19(24-13(2)20(22)23-3)18(25-16)14-7-5-4-6-8-14/h4-11,13H,1-3H3/t13-/m0/s1. The van der Waals surface area contributed by atoms with Crippen LogP contribution in [0.4, 0.5) is 0 Å². The van der Waals surface area contributed by atoms with Crippen LogP contribution in [-0.4, -0.2) is 19.2 Å². The molecule has 0 unspecified atom stereocenters. The summed E-state index contributed by atoms with van der Waals surface area (Å²) in [5.41, 5.74) is 1.76. The summed E-state index contributed by atoms with van der Waals surface area (Å²) >= 11 is 0. The molecule has 1 aromatic heterocycles. The van der Waals surface area contributed by atoms with E-state index in [4.69, 9.17) is 9.15 Å². The molecule has 0 amide bonds. The molecular weight excluding hydrogens is 320 g/mol. The highest BCUT2D eigenvalue weighted by Crippen LogP contribution is 2.31. The Kier molecular flexibility index (Phi) is 4.57. The molecule has 0 radical (unpaired) electrons. The predicted octanol–water partition coefficient (Wildman–Crippen LogP) is 3.71. The highest BCUT2D eigenvalue weighted by Gasteiger charge is 2.23. The lowest BCUT2D eigenvalue weighted by Crippen LogP contribution is -2.27. The molecule has 0 saturated heterocycles. The van der Waals surface area contributed by atoms with Crippen molar-refractivity contribution in [2.45, 2.75) is 20.0 Å². The molecule has 25 heavy (non-hydrogen) atoms. The van der Waals surface area contributed by atoms with Crippen LogP contribution >= 0.6 is 0 Å². The van der Waals surface area contributed by atoms with Gasteiger partial charge in [-0.1, -0.05) is 42.0 Å². The summed E-state index contributed by atoms with van der Waals surface area (Å²) in [7, 11) is 1.27. The molecule has 3 rings (SSSR count). The third kappa shape index (κ3) is 3.26. The van der Waals surface area contributed by atoms with Crippen molar-refractivity contribution in [2.24, 2.45) is 0 Å². The Hall–Kier alpha value is -3.08. The van der Waals surface area contributed by atoms with Crippen LogP contribution in [0.1, 0.15) is 12.5 Å². The van der Waals surface area contributed by atoms with Crippen molar-refractivity contribution in [2.75, 3.05) is 7.11 Å². The topological polar surface area (TPSA) is 65.7 Å². The molecule has 0 aliphatic carbocycles. The summed E-state index contributed by atoms with van der Waals surface area (Å²) in [6.07, 6.45) is -0.933. The second kappa shape index (κ2) is 6.81. The fourth-order valence-corrected chi connectivity index (χ4v) is 2.57. The van der Waals surface area contributed by atoms with E-state index in [9.17, 15) is 9.59 Å². The number of carbonyl (C=O) groups is 1. The van der Waals surface area contributed by atoms with Crippen LogP contribution in [0.15, 0.2) is 57.7 Å². The van der Waals surface area contributed by atoms with Gasteiger partial charge in [0, 0.05) is 5.56 Å². The van der Waals surface area contributed by atoms with E-state index in [2.05, 4.69) is 4.74 Å². The van der Waals surface area contributed by atoms with Crippen LogP contribution in [0.5, 0.6) is 5.75 Å². The zero-order valence-electron chi connectivity index (χ0n) is 14.2. The molecule has 0 bridgehead atoms. The van der Waals surface area contributed by atoms with Gasteiger partial charge in [-0.3, -0.25) is 4.79 Å². The van der Waals surface area contributed by atoms with Gasteiger partial charge >= 0.3 is 5.97 Å². The van der Waals surface area contributed by atoms with Gasteiger partial charge in [0.25, 0.3) is 0 Å². The van der Waals surface area contributed by atoms with Crippen molar-refractivity contribution in [3.05, 3.63) is 64.3 Å². The number of hydrogen-bond acceptors (Lipinski definition) is 5. The first kappa shape index (κ1) is 16.8. The zero-order valence-corrected chi connectivity index (χ0v) is 14.2. The van der Waals surface area contributed by atoms with Gasteiger partial charge in [-0.05, 0) is 26.0 Å². The Morgan fingerprint density at radius 1 is 1.12 bits per heavy atom. The fourth-order valence-electron chi connectivity index (χ4n) is 2.57. The molecule has 2 aromatic carbocycles. The van der Waals surface area contributed by atoms with Crippen molar-refractivity contribution in [3.8, 4) is 17.1 Å². The third-order valence-electron chi connectivity index (χ3n) is 3.87. The molecule has 1 heterocycles. The predicted molar refractivity (Wildman–Crippen MR) is 94.8 cm³/mol. The summed E-state index contributed by atoms with van der Waals surface area (Å²) in [4.78, 5) is 24.7. The Bertz CT molecular complexity index is 973. The number of fused-ring (bicyclic) bond motifs is 1. The maximum Gasteiger partial charge on any atom is 0.346 e. The Balaban J connectivity index is 2.25. The maximum atomic E-state index is 13.0. The van der Waals surface area contributed by atoms with E-state index in [-0.39, 0.29) is 16.9 Å². The highest BCUT2D eigenvalue weighted by atomic mass is 16.6. The summed E-state index contributed by atoms with van der Waals surface area (Å²) in [5.74, 6) is -0.275. The van der Waals surface area contributed by atoms with Gasteiger partial charge in [0.1, 0.15) is 5.58 Å². The number of benzene rings is 2. The molecule has 0 spiro atoms. The average Bonchev–Trinajstić information content (AvgIpc) is 2.64. The van der Waals surface area contributed by atoms with E-state index in [1.165, 1.54) is 14.0 Å². The molecule has 128 valence electrons. The molecule has 5 heteroatoms. The van der Waals surface area contributed by atoms with Gasteiger partial charge in [-0.25, -0.2) is 4.79 Å². The molecule has 3 aromatic rings. The van der Waals surface area contributed by atoms with Gasteiger partial charge in [0.2, 0.25) is 11.2 Å². The van der Waals surface area contributed by atoms with Crippen molar-refractivity contribution in [1.82, 2.24) is 0 Å². The average molecular weight is 338 g/mol. The number of methoxy groups -OCH3 is 1. The lowest BCUT2D eigenvalue weighted by molar-refractivity contribution is -0.147. The summed E-state index contributed by atoms with van der Waals surface area (Å²) in [6, 6.07) is 14.5. The summed E-state index contributed by atoms with van der Waals surface area (Å²) in [6.45, 7) is 3.42. The maximum absolute atomic E-state index is 13.0. The molecule has 0 aliphatic heterocycles. The first-order valence-electron chi connectivity index (χ1n) is 7.88. The van der Waals surface area contributed by atoms with Crippen LogP contribution in [0.3, 0.4) is 0 Å². The molecular formula is C20H18O5. The van der Waals surface area contributed by atoms with Crippen molar-refractivity contribution in [3.63, 3.8) is 0 Å². The Labute approximate surface area is 144 Å². The van der Waals surface area contributed by atoms with Crippen molar-refractivity contribution < 1.29 is 18.7 Å². The monoisotopic (exact) mass is 338 g/mol. The van der Waals surface area contributed by atoms with Gasteiger partial charge in [0.05, 0.1) is 12.5 Å². The lowest BCUT2D eigenvalue weighted by atomic mass is 10.1. The number of rotatable bonds is 4.